The minimum atomic E-state index is -0.00449. The lowest BCUT2D eigenvalue weighted by Gasteiger charge is -2.22. The molecule has 0 heterocycles. The molecule has 1 atom stereocenters. The van der Waals surface area contributed by atoms with Gasteiger partial charge in [-0.2, -0.15) is 0 Å². The van der Waals surface area contributed by atoms with E-state index >= 15 is 0 Å². The average Bonchev–Trinajstić information content (AvgIpc) is 2.41. The lowest BCUT2D eigenvalue weighted by atomic mass is 9.84. The summed E-state index contributed by atoms with van der Waals surface area (Å²) in [5.74, 6) is 0.196. The van der Waals surface area contributed by atoms with E-state index in [0.29, 0.717) is 0 Å². The third-order valence-electron chi connectivity index (χ3n) is 3.28. The van der Waals surface area contributed by atoms with E-state index in [1.54, 1.807) is 6.08 Å². The van der Waals surface area contributed by atoms with Crippen LogP contribution in [0, 0.1) is 5.92 Å². The maximum atomic E-state index is 12.0. The van der Waals surface area contributed by atoms with Crippen molar-refractivity contribution >= 4 is 17.2 Å². The molecule has 1 fully saturated rings. The predicted molar refractivity (Wildman–Crippen MR) is 75.3 cm³/mol. The first kappa shape index (κ1) is 12.7. The topological polar surface area (TPSA) is 29.4 Å². The summed E-state index contributed by atoms with van der Waals surface area (Å²) < 4.78 is 0. The van der Waals surface area contributed by atoms with Gasteiger partial charge in [-0.3, -0.25) is 9.79 Å². The summed E-state index contributed by atoms with van der Waals surface area (Å²) in [6, 6.07) is 9.90. The molecule has 0 amide bonds. The number of hydrogen-bond donors (Lipinski definition) is 0. The third-order valence-corrected chi connectivity index (χ3v) is 3.28. The highest BCUT2D eigenvalue weighted by Gasteiger charge is 2.25. The molecule has 1 aromatic carbocycles. The molecule has 0 spiro atoms. The number of carbonyl (C=O) groups excluding carboxylic acids is 1. The molecule has 0 saturated heterocycles. The molecule has 1 aliphatic rings. The van der Waals surface area contributed by atoms with Gasteiger partial charge in [0.2, 0.25) is 0 Å². The summed E-state index contributed by atoms with van der Waals surface area (Å²) in [5, 5.41) is 0. The molecule has 0 radical (unpaired) electrons. The number of nitrogens with zero attached hydrogens (tertiary/aromatic N) is 1. The monoisotopic (exact) mass is 241 g/mol. The van der Waals surface area contributed by atoms with Crippen molar-refractivity contribution in [2.75, 3.05) is 0 Å². The summed E-state index contributed by atoms with van der Waals surface area (Å²) >= 11 is 0. The second kappa shape index (κ2) is 6.29. The molecule has 1 aromatic rings. The number of ketones is 1. The van der Waals surface area contributed by atoms with Crippen molar-refractivity contribution in [1.29, 1.82) is 0 Å². The molecule has 0 aliphatic heterocycles. The number of allylic oxidation sites excluding steroid dienone is 2. The Bertz CT molecular complexity index is 459. The third kappa shape index (κ3) is 3.16. The highest BCUT2D eigenvalue weighted by atomic mass is 16.1. The standard InChI is InChI=1S/C16H19NO/c1-2-8-16(18)14-11-6-7-12-15(14)17-13-9-4-3-5-10-13/h2-5,8-10,14H,6-7,11-12H2,1H3/b8-2+,17-15?. The summed E-state index contributed by atoms with van der Waals surface area (Å²) in [6.45, 7) is 1.88. The Kier molecular flexibility index (Phi) is 4.46. The van der Waals surface area contributed by atoms with Gasteiger partial charge in [0.05, 0.1) is 11.6 Å². The maximum absolute atomic E-state index is 12.0. The maximum Gasteiger partial charge on any atom is 0.164 e. The van der Waals surface area contributed by atoms with Gasteiger partial charge in [-0.25, -0.2) is 0 Å². The summed E-state index contributed by atoms with van der Waals surface area (Å²) in [7, 11) is 0. The molecule has 2 rings (SSSR count). The molecule has 1 saturated carbocycles. The number of aliphatic imine (C=N–C) groups is 1. The molecular formula is C16H19NO. The van der Waals surface area contributed by atoms with E-state index in [2.05, 4.69) is 4.99 Å². The van der Waals surface area contributed by atoms with Crippen LogP contribution >= 0.6 is 0 Å². The van der Waals surface area contributed by atoms with Crippen LogP contribution in [0.15, 0.2) is 47.5 Å². The summed E-state index contributed by atoms with van der Waals surface area (Å²) in [6.07, 6.45) is 7.65. The lowest BCUT2D eigenvalue weighted by molar-refractivity contribution is -0.116. The quantitative estimate of drug-likeness (QED) is 0.733. The Balaban J connectivity index is 2.23. The van der Waals surface area contributed by atoms with E-state index in [0.717, 1.165) is 37.1 Å². The number of benzene rings is 1. The van der Waals surface area contributed by atoms with Crippen LogP contribution in [0.3, 0.4) is 0 Å². The van der Waals surface area contributed by atoms with Gasteiger partial charge in [0.15, 0.2) is 5.78 Å². The van der Waals surface area contributed by atoms with Crippen molar-refractivity contribution in [3.8, 4) is 0 Å². The van der Waals surface area contributed by atoms with Crippen LogP contribution in [0.25, 0.3) is 0 Å². The first-order valence-electron chi connectivity index (χ1n) is 6.60. The highest BCUT2D eigenvalue weighted by molar-refractivity contribution is 6.10. The normalized spacial score (nSPS) is 22.5. The Morgan fingerprint density at radius 1 is 1.28 bits per heavy atom. The van der Waals surface area contributed by atoms with Gasteiger partial charge in [0.25, 0.3) is 0 Å². The second-order valence-electron chi connectivity index (χ2n) is 4.64. The lowest BCUT2D eigenvalue weighted by Crippen LogP contribution is -2.26. The highest BCUT2D eigenvalue weighted by Crippen LogP contribution is 2.25. The van der Waals surface area contributed by atoms with Gasteiger partial charge in [0, 0.05) is 5.71 Å². The molecular weight excluding hydrogens is 222 g/mol. The van der Waals surface area contributed by atoms with E-state index in [4.69, 9.17) is 0 Å². The zero-order valence-electron chi connectivity index (χ0n) is 10.8. The van der Waals surface area contributed by atoms with Crippen molar-refractivity contribution < 1.29 is 4.79 Å². The smallest absolute Gasteiger partial charge is 0.164 e. The number of rotatable bonds is 3. The van der Waals surface area contributed by atoms with Crippen LogP contribution in [-0.4, -0.2) is 11.5 Å². The van der Waals surface area contributed by atoms with E-state index < -0.39 is 0 Å². The fourth-order valence-electron chi connectivity index (χ4n) is 2.38. The summed E-state index contributed by atoms with van der Waals surface area (Å²) in [4.78, 5) is 16.7. The van der Waals surface area contributed by atoms with E-state index in [1.165, 1.54) is 0 Å². The van der Waals surface area contributed by atoms with Gasteiger partial charge in [-0.1, -0.05) is 30.7 Å². The molecule has 0 aromatic heterocycles. The van der Waals surface area contributed by atoms with Gasteiger partial charge >= 0.3 is 0 Å². The Hall–Kier alpha value is -1.70. The molecule has 0 bridgehead atoms. The fourth-order valence-corrected chi connectivity index (χ4v) is 2.38. The van der Waals surface area contributed by atoms with Crippen molar-refractivity contribution in [2.45, 2.75) is 32.6 Å². The Labute approximate surface area is 108 Å². The van der Waals surface area contributed by atoms with Crippen LogP contribution in [0.1, 0.15) is 32.6 Å². The Morgan fingerprint density at radius 2 is 2.06 bits per heavy atom. The minimum absolute atomic E-state index is 0.00449. The van der Waals surface area contributed by atoms with Crippen molar-refractivity contribution in [3.63, 3.8) is 0 Å². The SMILES string of the molecule is C/C=C/C(=O)C1CCCCC1=Nc1ccccc1. The molecule has 0 N–H and O–H groups in total. The average molecular weight is 241 g/mol. The van der Waals surface area contributed by atoms with E-state index in [9.17, 15) is 4.79 Å². The van der Waals surface area contributed by atoms with E-state index in [-0.39, 0.29) is 11.7 Å². The van der Waals surface area contributed by atoms with Gasteiger partial charge in [-0.05, 0) is 44.4 Å². The molecule has 2 heteroatoms. The Morgan fingerprint density at radius 3 is 2.78 bits per heavy atom. The zero-order chi connectivity index (χ0) is 12.8. The second-order valence-corrected chi connectivity index (χ2v) is 4.64. The number of carbonyl (C=O) groups is 1. The first-order valence-corrected chi connectivity index (χ1v) is 6.60. The number of para-hydroxylation sites is 1. The van der Waals surface area contributed by atoms with Crippen LogP contribution in [0.5, 0.6) is 0 Å². The van der Waals surface area contributed by atoms with Gasteiger partial charge in [-0.15, -0.1) is 0 Å². The first-order chi connectivity index (χ1) is 8.81. The molecule has 94 valence electrons. The van der Waals surface area contributed by atoms with E-state index in [1.807, 2.05) is 43.3 Å². The summed E-state index contributed by atoms with van der Waals surface area (Å²) in [5.41, 5.74) is 2.00. The molecule has 18 heavy (non-hydrogen) atoms. The largest absolute Gasteiger partial charge is 0.294 e. The van der Waals surface area contributed by atoms with Gasteiger partial charge in [0.1, 0.15) is 0 Å². The van der Waals surface area contributed by atoms with Crippen LogP contribution in [-0.2, 0) is 4.79 Å². The minimum Gasteiger partial charge on any atom is -0.294 e. The van der Waals surface area contributed by atoms with Crippen LogP contribution in [0.2, 0.25) is 0 Å². The molecule has 1 unspecified atom stereocenters. The number of hydrogen-bond acceptors (Lipinski definition) is 2. The fraction of sp³-hybridized carbons (Fsp3) is 0.375. The van der Waals surface area contributed by atoms with Crippen molar-refractivity contribution in [1.82, 2.24) is 0 Å². The van der Waals surface area contributed by atoms with Gasteiger partial charge < -0.3 is 0 Å². The zero-order valence-corrected chi connectivity index (χ0v) is 10.8. The van der Waals surface area contributed by atoms with Crippen LogP contribution in [0.4, 0.5) is 5.69 Å². The molecule has 2 nitrogen and oxygen atoms in total. The molecule has 1 aliphatic carbocycles. The van der Waals surface area contributed by atoms with Crippen molar-refractivity contribution in [3.05, 3.63) is 42.5 Å². The predicted octanol–water partition coefficient (Wildman–Crippen LogP) is 4.09. The van der Waals surface area contributed by atoms with Crippen molar-refractivity contribution in [2.24, 2.45) is 10.9 Å². The van der Waals surface area contributed by atoms with Crippen LogP contribution < -0.4 is 0 Å².